The molecule has 1 saturated heterocycles. The highest BCUT2D eigenvalue weighted by molar-refractivity contribution is 6.19. The lowest BCUT2D eigenvalue weighted by Crippen LogP contribution is -2.77. The Hall–Kier alpha value is -2.64. The number of phenols is 2. The van der Waals surface area contributed by atoms with Crippen LogP contribution in [0, 0.1) is 5.92 Å². The van der Waals surface area contributed by atoms with Crippen LogP contribution in [0.15, 0.2) is 35.4 Å². The number of hydrogen-bond acceptors (Lipinski definition) is 7. The van der Waals surface area contributed by atoms with Crippen molar-refractivity contribution >= 4 is 11.6 Å². The van der Waals surface area contributed by atoms with E-state index < -0.39 is 28.2 Å². The molecule has 0 radical (unpaired) electrons. The summed E-state index contributed by atoms with van der Waals surface area (Å²) >= 11 is 0. The van der Waals surface area contributed by atoms with Gasteiger partial charge in [0, 0.05) is 37.2 Å². The lowest BCUT2D eigenvalue weighted by molar-refractivity contribution is -0.189. The van der Waals surface area contributed by atoms with Gasteiger partial charge in [0.15, 0.2) is 17.0 Å². The zero-order valence-corrected chi connectivity index (χ0v) is 18.2. The summed E-state index contributed by atoms with van der Waals surface area (Å²) in [6.45, 7) is 7.65. The molecule has 2 N–H and O–H groups in total. The molecule has 31 heavy (non-hydrogen) atoms. The standard InChI is InChI=1S/C24H26O7/c1-12(2)6-7-23-20(28)22(29-5)10-14-19(27)18-15(26)8-13(25)9-16(18)30-24(14,23)17(11-22)21(3,4)31-23/h6,8-10,17,25-26H,7,11H2,1-5H3/t17-,22?,23-,24?/m1/s1. The van der Waals surface area contributed by atoms with Gasteiger partial charge in [0.25, 0.3) is 0 Å². The van der Waals surface area contributed by atoms with Gasteiger partial charge in [-0.1, -0.05) is 11.6 Å². The maximum Gasteiger partial charge on any atom is 0.205 e. The van der Waals surface area contributed by atoms with E-state index in [-0.39, 0.29) is 46.5 Å². The molecule has 1 spiro atoms. The van der Waals surface area contributed by atoms with Gasteiger partial charge in [0.2, 0.25) is 5.78 Å². The van der Waals surface area contributed by atoms with Gasteiger partial charge in [-0.3, -0.25) is 9.59 Å². The van der Waals surface area contributed by atoms with Gasteiger partial charge >= 0.3 is 0 Å². The predicted molar refractivity (Wildman–Crippen MR) is 110 cm³/mol. The summed E-state index contributed by atoms with van der Waals surface area (Å²) in [6, 6.07) is 2.40. The van der Waals surface area contributed by atoms with E-state index in [1.54, 1.807) is 6.08 Å². The number of fused-ring (bicyclic) bond motifs is 1. The Morgan fingerprint density at radius 3 is 2.61 bits per heavy atom. The normalized spacial score (nSPS) is 36.4. The fraction of sp³-hybridized carbons (Fsp3) is 0.500. The first-order valence-electron chi connectivity index (χ1n) is 10.4. The molecule has 7 nitrogen and oxygen atoms in total. The largest absolute Gasteiger partial charge is 0.508 e. The van der Waals surface area contributed by atoms with E-state index in [0.717, 1.165) is 11.6 Å². The van der Waals surface area contributed by atoms with E-state index in [9.17, 15) is 19.8 Å². The summed E-state index contributed by atoms with van der Waals surface area (Å²) in [4.78, 5) is 27.7. The average Bonchev–Trinajstić information content (AvgIpc) is 2.83. The molecule has 1 saturated carbocycles. The first kappa shape index (κ1) is 20.3. The van der Waals surface area contributed by atoms with Crippen molar-refractivity contribution in [1.82, 2.24) is 0 Å². The molecular formula is C24H26O7. The van der Waals surface area contributed by atoms with Crippen LogP contribution in [0.4, 0.5) is 0 Å². The number of methoxy groups -OCH3 is 1. The Labute approximate surface area is 180 Å². The fourth-order valence-corrected chi connectivity index (χ4v) is 6.09. The fourth-order valence-electron chi connectivity index (χ4n) is 6.09. The van der Waals surface area contributed by atoms with Crippen molar-refractivity contribution in [2.45, 2.75) is 62.9 Å². The van der Waals surface area contributed by atoms with Gasteiger partial charge in [0.1, 0.15) is 28.4 Å². The zero-order chi connectivity index (χ0) is 22.6. The monoisotopic (exact) mass is 426 g/mol. The quantitative estimate of drug-likeness (QED) is 0.716. The van der Waals surface area contributed by atoms with Crippen molar-refractivity contribution in [2.75, 3.05) is 7.11 Å². The minimum atomic E-state index is -1.48. The third-order valence-corrected chi connectivity index (χ3v) is 7.37. The van der Waals surface area contributed by atoms with Gasteiger partial charge in [0.05, 0.1) is 5.60 Å². The van der Waals surface area contributed by atoms with Gasteiger partial charge in [-0.05, 0) is 40.2 Å². The smallest absolute Gasteiger partial charge is 0.205 e. The number of allylic oxidation sites excluding steroid dienone is 1. The van der Waals surface area contributed by atoms with Crippen LogP contribution < -0.4 is 4.74 Å². The van der Waals surface area contributed by atoms with E-state index in [0.29, 0.717) is 6.42 Å². The topological polar surface area (TPSA) is 102 Å². The first-order valence-corrected chi connectivity index (χ1v) is 10.4. The van der Waals surface area contributed by atoms with Crippen molar-refractivity contribution in [1.29, 1.82) is 0 Å². The van der Waals surface area contributed by atoms with E-state index in [1.807, 2.05) is 33.8 Å². The zero-order valence-electron chi connectivity index (χ0n) is 18.2. The Balaban J connectivity index is 1.87. The van der Waals surface area contributed by atoms with Crippen molar-refractivity contribution in [3.05, 3.63) is 41.0 Å². The number of ether oxygens (including phenoxy) is 3. The molecule has 5 aliphatic rings. The van der Waals surface area contributed by atoms with Crippen molar-refractivity contribution < 1.29 is 34.0 Å². The second-order valence-corrected chi connectivity index (χ2v) is 9.76. The number of Topliss-reactive ketones (excluding diaryl/α,β-unsaturated/α-hetero) is 2. The molecule has 0 aromatic heterocycles. The Bertz CT molecular complexity index is 1110. The highest BCUT2D eigenvalue weighted by atomic mass is 16.6. The van der Waals surface area contributed by atoms with Crippen LogP contribution in [0.2, 0.25) is 0 Å². The predicted octanol–water partition coefficient (Wildman–Crippen LogP) is 3.23. The third kappa shape index (κ3) is 2.16. The molecule has 7 heteroatoms. The molecule has 6 rings (SSSR count). The van der Waals surface area contributed by atoms with Gasteiger partial charge in [-0.2, -0.15) is 0 Å². The molecule has 3 aliphatic carbocycles. The van der Waals surface area contributed by atoms with E-state index in [4.69, 9.17) is 14.2 Å². The molecule has 2 fully saturated rings. The number of ketones is 2. The lowest BCUT2D eigenvalue weighted by Gasteiger charge is -2.59. The Morgan fingerprint density at radius 2 is 1.97 bits per heavy atom. The molecule has 2 aliphatic heterocycles. The summed E-state index contributed by atoms with van der Waals surface area (Å²) in [7, 11) is 1.46. The van der Waals surface area contributed by atoms with Crippen molar-refractivity contribution in [2.24, 2.45) is 5.92 Å². The number of rotatable bonds is 3. The summed E-state index contributed by atoms with van der Waals surface area (Å²) in [5.74, 6) is -1.65. The van der Waals surface area contributed by atoms with Gasteiger partial charge in [-0.15, -0.1) is 0 Å². The van der Waals surface area contributed by atoms with Crippen LogP contribution in [0.25, 0.3) is 0 Å². The van der Waals surface area contributed by atoms with Crippen LogP contribution in [-0.2, 0) is 14.3 Å². The van der Waals surface area contributed by atoms with Crippen LogP contribution in [0.5, 0.6) is 17.2 Å². The Kier molecular flexibility index (Phi) is 3.78. The summed E-state index contributed by atoms with van der Waals surface area (Å²) in [6.07, 6.45) is 4.00. The molecule has 0 amide bonds. The highest BCUT2D eigenvalue weighted by Gasteiger charge is 2.84. The molecule has 164 valence electrons. The van der Waals surface area contributed by atoms with Gasteiger partial charge in [-0.25, -0.2) is 0 Å². The van der Waals surface area contributed by atoms with E-state index in [2.05, 4.69) is 0 Å². The summed E-state index contributed by atoms with van der Waals surface area (Å²) in [5.41, 5.74) is -3.73. The first-order chi connectivity index (χ1) is 14.4. The average molecular weight is 426 g/mol. The number of carbonyl (C=O) groups excluding carboxylic acids is 2. The number of hydrogen-bond donors (Lipinski definition) is 2. The van der Waals surface area contributed by atoms with Crippen LogP contribution >= 0.6 is 0 Å². The number of phenolic OH excluding ortho intramolecular Hbond substituents is 2. The molecule has 2 heterocycles. The highest BCUT2D eigenvalue weighted by Crippen LogP contribution is 2.69. The number of aromatic hydroxyl groups is 2. The molecular weight excluding hydrogens is 400 g/mol. The second-order valence-electron chi connectivity index (χ2n) is 9.76. The molecule has 1 aromatic rings. The molecule has 4 bridgehead atoms. The maximum absolute atomic E-state index is 14.0. The van der Waals surface area contributed by atoms with Gasteiger partial charge < -0.3 is 24.4 Å². The molecule has 4 atom stereocenters. The third-order valence-electron chi connectivity index (χ3n) is 7.37. The minimum Gasteiger partial charge on any atom is -0.508 e. The van der Waals surface area contributed by atoms with E-state index in [1.165, 1.54) is 13.2 Å². The number of benzene rings is 1. The Morgan fingerprint density at radius 1 is 1.26 bits per heavy atom. The van der Waals surface area contributed by atoms with Crippen molar-refractivity contribution in [3.8, 4) is 17.2 Å². The van der Waals surface area contributed by atoms with Crippen LogP contribution in [-0.4, -0.2) is 51.3 Å². The summed E-state index contributed by atoms with van der Waals surface area (Å²) in [5, 5.41) is 20.4. The number of carbonyl (C=O) groups is 2. The maximum atomic E-state index is 14.0. The molecule has 1 aromatic carbocycles. The lowest BCUT2D eigenvalue weighted by atomic mass is 9.49. The van der Waals surface area contributed by atoms with Crippen LogP contribution in [0.3, 0.4) is 0 Å². The van der Waals surface area contributed by atoms with E-state index >= 15 is 0 Å². The van der Waals surface area contributed by atoms with Crippen LogP contribution in [0.1, 0.15) is 50.9 Å². The summed E-state index contributed by atoms with van der Waals surface area (Å²) < 4.78 is 18.9. The second kappa shape index (κ2) is 5.78. The minimum absolute atomic E-state index is 0.0319. The SMILES string of the molecule is COC12C=C3C(=O)c4c(O)cc(O)cc4OC34[C@H](C1)C(C)(C)O[C@]4(CC=C(C)C)C2=O. The molecule has 2 unspecified atom stereocenters. The van der Waals surface area contributed by atoms with Crippen molar-refractivity contribution in [3.63, 3.8) is 0 Å².